The summed E-state index contributed by atoms with van der Waals surface area (Å²) in [5.41, 5.74) is 0.00408. The highest BCUT2D eigenvalue weighted by atomic mass is 16.1. The van der Waals surface area contributed by atoms with Gasteiger partial charge in [0.1, 0.15) is 0 Å². The minimum atomic E-state index is 0.00408. The van der Waals surface area contributed by atoms with E-state index in [9.17, 15) is 4.79 Å². The first-order chi connectivity index (χ1) is 11.2. The molecule has 1 aromatic heterocycles. The fourth-order valence-electron chi connectivity index (χ4n) is 3.76. The average molecular weight is 319 g/mol. The Bertz CT molecular complexity index is 564. The van der Waals surface area contributed by atoms with Gasteiger partial charge in [0.25, 0.3) is 5.56 Å². The zero-order chi connectivity index (χ0) is 16.2. The van der Waals surface area contributed by atoms with Gasteiger partial charge in [-0.3, -0.25) is 4.79 Å². The van der Waals surface area contributed by atoms with Crippen LogP contribution in [0.15, 0.2) is 17.2 Å². The summed E-state index contributed by atoms with van der Waals surface area (Å²) in [5.74, 6) is 0.599. The van der Waals surface area contributed by atoms with E-state index in [2.05, 4.69) is 27.0 Å². The van der Waals surface area contributed by atoms with Crippen LogP contribution in [0, 0.1) is 0 Å². The maximum absolute atomic E-state index is 12.3. The topological polar surface area (TPSA) is 53.4 Å². The smallest absolute Gasteiger partial charge is 0.293 e. The molecule has 1 aromatic rings. The van der Waals surface area contributed by atoms with Gasteiger partial charge in [-0.05, 0) is 45.3 Å². The molecule has 2 fully saturated rings. The molecule has 3 rings (SSSR count). The van der Waals surface area contributed by atoms with Crippen LogP contribution in [0.3, 0.4) is 0 Å². The van der Waals surface area contributed by atoms with Crippen molar-refractivity contribution in [3.8, 4) is 0 Å². The minimum absolute atomic E-state index is 0.00408. The van der Waals surface area contributed by atoms with Gasteiger partial charge in [0.05, 0.1) is 0 Å². The van der Waals surface area contributed by atoms with Gasteiger partial charge < -0.3 is 19.7 Å². The highest BCUT2D eigenvalue weighted by Gasteiger charge is 2.26. The molecule has 0 aromatic carbocycles. The predicted molar refractivity (Wildman–Crippen MR) is 93.0 cm³/mol. The van der Waals surface area contributed by atoms with Crippen LogP contribution in [0.25, 0.3) is 0 Å². The first-order valence-corrected chi connectivity index (χ1v) is 8.92. The minimum Gasteiger partial charge on any atom is -0.350 e. The van der Waals surface area contributed by atoms with Crippen LogP contribution in [0.4, 0.5) is 5.82 Å². The van der Waals surface area contributed by atoms with E-state index >= 15 is 0 Å². The summed E-state index contributed by atoms with van der Waals surface area (Å²) >= 11 is 0. The zero-order valence-electron chi connectivity index (χ0n) is 14.4. The van der Waals surface area contributed by atoms with E-state index in [0.29, 0.717) is 17.9 Å². The van der Waals surface area contributed by atoms with Crippen LogP contribution in [0.2, 0.25) is 0 Å². The molecule has 2 saturated heterocycles. The quantitative estimate of drug-likeness (QED) is 0.891. The Balaban J connectivity index is 1.58. The number of nitrogens with zero attached hydrogens (tertiary/aromatic N) is 4. The molecule has 0 unspecified atom stereocenters. The fraction of sp³-hybridized carbons (Fsp3) is 0.765. The van der Waals surface area contributed by atoms with Gasteiger partial charge in [-0.15, -0.1) is 0 Å². The third-order valence-electron chi connectivity index (χ3n) is 5.23. The van der Waals surface area contributed by atoms with Crippen molar-refractivity contribution < 1.29 is 0 Å². The molecular formula is C17H29N5O. The van der Waals surface area contributed by atoms with Gasteiger partial charge >= 0.3 is 0 Å². The molecule has 0 saturated carbocycles. The van der Waals surface area contributed by atoms with Crippen LogP contribution < -0.4 is 15.8 Å². The Kier molecular flexibility index (Phi) is 5.33. The highest BCUT2D eigenvalue weighted by molar-refractivity contribution is 5.36. The highest BCUT2D eigenvalue weighted by Crippen LogP contribution is 2.17. The van der Waals surface area contributed by atoms with Crippen molar-refractivity contribution in [1.29, 1.82) is 0 Å². The molecule has 0 amide bonds. The molecule has 1 atom stereocenters. The van der Waals surface area contributed by atoms with Crippen LogP contribution in [-0.4, -0.2) is 59.3 Å². The second-order valence-electron chi connectivity index (χ2n) is 6.83. The monoisotopic (exact) mass is 319 g/mol. The van der Waals surface area contributed by atoms with Crippen LogP contribution >= 0.6 is 0 Å². The standard InChI is InChI=1S/C17H29N5O/c1-3-21-10-6-14(7-11-21)19-15-5-4-9-22(13-15)16-17(23)20(2)12-8-18-16/h8,12,14-15,19H,3-7,9-11,13H2,1-2H3/t15-/m0/s1. The number of likely N-dealkylation sites (tertiary alicyclic amines) is 1. The average Bonchev–Trinajstić information content (AvgIpc) is 2.58. The summed E-state index contributed by atoms with van der Waals surface area (Å²) in [6, 6.07) is 1.09. The number of anilines is 1. The summed E-state index contributed by atoms with van der Waals surface area (Å²) < 4.78 is 1.61. The van der Waals surface area contributed by atoms with Crippen LogP contribution in [0.5, 0.6) is 0 Å². The maximum Gasteiger partial charge on any atom is 0.293 e. The predicted octanol–water partition coefficient (Wildman–Crippen LogP) is 0.823. The summed E-state index contributed by atoms with van der Waals surface area (Å²) in [4.78, 5) is 21.3. The molecule has 6 heteroatoms. The van der Waals surface area contributed by atoms with E-state index in [1.165, 1.54) is 32.4 Å². The van der Waals surface area contributed by atoms with Crippen LogP contribution in [0.1, 0.15) is 32.6 Å². The number of nitrogens with one attached hydrogen (secondary N) is 1. The molecule has 2 aliphatic rings. The molecule has 0 radical (unpaired) electrons. The fourth-order valence-corrected chi connectivity index (χ4v) is 3.76. The van der Waals surface area contributed by atoms with Crippen molar-refractivity contribution in [2.24, 2.45) is 7.05 Å². The van der Waals surface area contributed by atoms with E-state index < -0.39 is 0 Å². The van der Waals surface area contributed by atoms with E-state index in [1.54, 1.807) is 24.0 Å². The lowest BCUT2D eigenvalue weighted by Gasteiger charge is -2.38. The Labute approximate surface area is 138 Å². The van der Waals surface area contributed by atoms with E-state index in [1.807, 2.05) is 0 Å². The molecule has 128 valence electrons. The number of aryl methyl sites for hydroxylation is 1. The van der Waals surface area contributed by atoms with Crippen molar-refractivity contribution >= 4 is 5.82 Å². The number of piperidine rings is 2. The van der Waals surface area contributed by atoms with Gasteiger partial charge in [-0.2, -0.15) is 0 Å². The molecule has 6 nitrogen and oxygen atoms in total. The van der Waals surface area contributed by atoms with Crippen molar-refractivity contribution in [2.45, 2.75) is 44.7 Å². The molecular weight excluding hydrogens is 290 g/mol. The lowest BCUT2D eigenvalue weighted by atomic mass is 10.00. The third-order valence-corrected chi connectivity index (χ3v) is 5.23. The van der Waals surface area contributed by atoms with Gasteiger partial charge in [-0.25, -0.2) is 4.98 Å². The van der Waals surface area contributed by atoms with E-state index in [4.69, 9.17) is 0 Å². The summed E-state index contributed by atoms with van der Waals surface area (Å²) in [6.07, 6.45) is 8.20. The molecule has 23 heavy (non-hydrogen) atoms. The molecule has 0 spiro atoms. The Morgan fingerprint density at radius 2 is 2.00 bits per heavy atom. The Hall–Kier alpha value is -1.40. The first-order valence-electron chi connectivity index (χ1n) is 8.92. The third kappa shape index (κ3) is 3.93. The summed E-state index contributed by atoms with van der Waals surface area (Å²) in [7, 11) is 1.79. The number of hydrogen-bond donors (Lipinski definition) is 1. The second-order valence-corrected chi connectivity index (χ2v) is 6.83. The van der Waals surface area contributed by atoms with Gasteiger partial charge in [0, 0.05) is 44.6 Å². The van der Waals surface area contributed by atoms with E-state index in [0.717, 1.165) is 26.1 Å². The molecule has 1 N–H and O–H groups in total. The van der Waals surface area contributed by atoms with Crippen molar-refractivity contribution in [2.75, 3.05) is 37.6 Å². The molecule has 3 heterocycles. The molecule has 0 aliphatic carbocycles. The summed E-state index contributed by atoms with van der Waals surface area (Å²) in [6.45, 7) is 7.61. The Morgan fingerprint density at radius 1 is 1.22 bits per heavy atom. The second kappa shape index (κ2) is 7.45. The maximum atomic E-state index is 12.3. The van der Waals surface area contributed by atoms with Gasteiger partial charge in [-0.1, -0.05) is 6.92 Å². The van der Waals surface area contributed by atoms with Gasteiger partial charge in [0.2, 0.25) is 0 Å². The molecule has 2 aliphatic heterocycles. The number of rotatable bonds is 4. The normalized spacial score (nSPS) is 24.1. The summed E-state index contributed by atoms with van der Waals surface area (Å²) in [5, 5.41) is 3.83. The van der Waals surface area contributed by atoms with Crippen LogP contribution in [-0.2, 0) is 7.05 Å². The largest absolute Gasteiger partial charge is 0.350 e. The lowest BCUT2D eigenvalue weighted by molar-refractivity contribution is 0.195. The lowest BCUT2D eigenvalue weighted by Crippen LogP contribution is -2.53. The van der Waals surface area contributed by atoms with Crippen molar-refractivity contribution in [1.82, 2.24) is 19.8 Å². The number of hydrogen-bond acceptors (Lipinski definition) is 5. The SMILES string of the molecule is CCN1CCC(N[C@H]2CCCN(c3nccn(C)c3=O)C2)CC1. The van der Waals surface area contributed by atoms with Gasteiger partial charge in [0.15, 0.2) is 5.82 Å². The number of aromatic nitrogens is 2. The van der Waals surface area contributed by atoms with E-state index in [-0.39, 0.29) is 5.56 Å². The van der Waals surface area contributed by atoms with Crippen molar-refractivity contribution in [3.63, 3.8) is 0 Å². The molecule has 0 bridgehead atoms. The van der Waals surface area contributed by atoms with Crippen molar-refractivity contribution in [3.05, 3.63) is 22.7 Å². The zero-order valence-corrected chi connectivity index (χ0v) is 14.4. The first kappa shape index (κ1) is 16.5. The Morgan fingerprint density at radius 3 is 2.74 bits per heavy atom.